The molecule has 0 spiro atoms. The normalized spacial score (nSPS) is 21.4. The highest BCUT2D eigenvalue weighted by Crippen LogP contribution is 2.47. The van der Waals surface area contributed by atoms with Gasteiger partial charge in [0, 0.05) is 10.4 Å². The van der Waals surface area contributed by atoms with Crippen molar-refractivity contribution in [2.24, 2.45) is 0 Å². The van der Waals surface area contributed by atoms with E-state index in [1.165, 1.54) is 0 Å². The molecule has 1 aromatic rings. The zero-order valence-electron chi connectivity index (χ0n) is 8.26. The summed E-state index contributed by atoms with van der Waals surface area (Å²) in [5, 5.41) is 0.717. The van der Waals surface area contributed by atoms with E-state index in [4.69, 9.17) is 11.6 Å². The lowest BCUT2D eigenvalue weighted by molar-refractivity contribution is 0.114. The molecule has 0 radical (unpaired) electrons. The molecule has 1 aliphatic rings. The van der Waals surface area contributed by atoms with Gasteiger partial charge in [-0.15, -0.1) is 0 Å². The van der Waals surface area contributed by atoms with Gasteiger partial charge in [-0.25, -0.2) is 4.39 Å². The quantitative estimate of drug-likeness (QED) is 0.692. The van der Waals surface area contributed by atoms with Crippen molar-refractivity contribution in [3.05, 3.63) is 34.9 Å². The van der Waals surface area contributed by atoms with Crippen LogP contribution < -0.4 is 0 Å². The fourth-order valence-electron chi connectivity index (χ4n) is 2.26. The van der Waals surface area contributed by atoms with Gasteiger partial charge in [0.2, 0.25) is 0 Å². The van der Waals surface area contributed by atoms with Crippen molar-refractivity contribution >= 4 is 11.6 Å². The van der Waals surface area contributed by atoms with Crippen LogP contribution in [0.1, 0.15) is 31.7 Å². The van der Waals surface area contributed by atoms with Crippen LogP contribution in [0.4, 0.5) is 4.39 Å². The Morgan fingerprint density at radius 3 is 2.21 bits per heavy atom. The molecule has 0 nitrogen and oxygen atoms in total. The average Bonchev–Trinajstić information content (AvgIpc) is 2.05. The Kier molecular flexibility index (Phi) is 2.52. The molecule has 0 bridgehead atoms. The Labute approximate surface area is 89.1 Å². The number of halogens is 2. The van der Waals surface area contributed by atoms with Crippen molar-refractivity contribution in [2.45, 2.75) is 37.8 Å². The van der Waals surface area contributed by atoms with Crippen molar-refractivity contribution in [3.63, 3.8) is 0 Å². The van der Waals surface area contributed by atoms with Crippen molar-refractivity contribution < 1.29 is 4.39 Å². The third-order valence-electron chi connectivity index (χ3n) is 3.43. The third-order valence-corrected chi connectivity index (χ3v) is 3.68. The minimum atomic E-state index is -0.766. The van der Waals surface area contributed by atoms with Gasteiger partial charge < -0.3 is 0 Å². The van der Waals surface area contributed by atoms with Gasteiger partial charge in [-0.05, 0) is 37.5 Å². The van der Waals surface area contributed by atoms with Gasteiger partial charge in [0.15, 0.2) is 0 Å². The summed E-state index contributed by atoms with van der Waals surface area (Å²) in [6.45, 7) is 1.66. The lowest BCUT2D eigenvalue weighted by atomic mass is 9.62. The molecule has 2 heteroatoms. The molecule has 0 saturated heterocycles. The predicted octanol–water partition coefficient (Wildman–Crippen LogP) is 4.12. The molecule has 1 unspecified atom stereocenters. The van der Waals surface area contributed by atoms with Crippen LogP contribution in [0.3, 0.4) is 0 Å². The highest BCUT2D eigenvalue weighted by molar-refractivity contribution is 6.30. The number of alkyl halides is 1. The summed E-state index contributed by atoms with van der Waals surface area (Å²) >= 11 is 5.81. The molecule has 1 saturated carbocycles. The standard InChI is InChI=1S/C12H14ClF/c1-9(14)12(7-2-8-12)10-3-5-11(13)6-4-10/h3-6,9H,2,7-8H2,1H3. The smallest absolute Gasteiger partial charge is 0.107 e. The van der Waals surface area contributed by atoms with E-state index < -0.39 is 6.17 Å². The molecule has 0 heterocycles. The van der Waals surface area contributed by atoms with Crippen LogP contribution in [0.25, 0.3) is 0 Å². The fraction of sp³-hybridized carbons (Fsp3) is 0.500. The Bertz CT molecular complexity index is 312. The molecule has 76 valence electrons. The summed E-state index contributed by atoms with van der Waals surface area (Å²) in [5.74, 6) is 0. The van der Waals surface area contributed by atoms with Crippen LogP contribution in [0.5, 0.6) is 0 Å². The summed E-state index contributed by atoms with van der Waals surface area (Å²) in [5.41, 5.74) is 0.882. The maximum Gasteiger partial charge on any atom is 0.107 e. The number of rotatable bonds is 2. The second kappa shape index (κ2) is 3.54. The van der Waals surface area contributed by atoms with Crippen LogP contribution in [-0.4, -0.2) is 6.17 Å². The molecular weight excluding hydrogens is 199 g/mol. The topological polar surface area (TPSA) is 0 Å². The van der Waals surface area contributed by atoms with Crippen molar-refractivity contribution in [1.82, 2.24) is 0 Å². The highest BCUT2D eigenvalue weighted by Gasteiger charge is 2.43. The molecular formula is C12H14ClF. The summed E-state index contributed by atoms with van der Waals surface area (Å²) in [7, 11) is 0. The fourth-order valence-corrected chi connectivity index (χ4v) is 2.38. The first-order valence-corrected chi connectivity index (χ1v) is 5.43. The van der Waals surface area contributed by atoms with Gasteiger partial charge in [0.1, 0.15) is 6.17 Å². The lowest BCUT2D eigenvalue weighted by Gasteiger charge is -2.43. The van der Waals surface area contributed by atoms with Gasteiger partial charge in [-0.2, -0.15) is 0 Å². The summed E-state index contributed by atoms with van der Waals surface area (Å²) < 4.78 is 13.6. The van der Waals surface area contributed by atoms with E-state index in [9.17, 15) is 4.39 Å². The van der Waals surface area contributed by atoms with Crippen molar-refractivity contribution in [2.75, 3.05) is 0 Å². The Balaban J connectivity index is 2.32. The monoisotopic (exact) mass is 212 g/mol. The van der Waals surface area contributed by atoms with E-state index in [2.05, 4.69) is 0 Å². The number of benzene rings is 1. The minimum absolute atomic E-state index is 0.218. The molecule has 1 atom stereocenters. The molecule has 2 rings (SSSR count). The van der Waals surface area contributed by atoms with Crippen LogP contribution in [0.2, 0.25) is 5.02 Å². The van der Waals surface area contributed by atoms with Gasteiger partial charge >= 0.3 is 0 Å². The van der Waals surface area contributed by atoms with Crippen LogP contribution in [-0.2, 0) is 5.41 Å². The van der Waals surface area contributed by atoms with Gasteiger partial charge in [0.05, 0.1) is 0 Å². The van der Waals surface area contributed by atoms with E-state index in [1.807, 2.05) is 24.3 Å². The maximum absolute atomic E-state index is 13.6. The molecule has 1 aliphatic carbocycles. The first-order chi connectivity index (χ1) is 6.65. The summed E-state index contributed by atoms with van der Waals surface area (Å²) in [6, 6.07) is 7.60. The van der Waals surface area contributed by atoms with E-state index in [0.29, 0.717) is 0 Å². The molecule has 0 aromatic heterocycles. The molecule has 0 amide bonds. The number of hydrogen-bond acceptors (Lipinski definition) is 0. The van der Waals surface area contributed by atoms with Gasteiger partial charge in [-0.3, -0.25) is 0 Å². The first kappa shape index (κ1) is 9.97. The van der Waals surface area contributed by atoms with E-state index >= 15 is 0 Å². The SMILES string of the molecule is CC(F)C1(c2ccc(Cl)cc2)CCC1. The molecule has 1 fully saturated rings. The highest BCUT2D eigenvalue weighted by atomic mass is 35.5. The zero-order chi connectivity index (χ0) is 10.2. The van der Waals surface area contributed by atoms with Crippen LogP contribution >= 0.6 is 11.6 Å². The van der Waals surface area contributed by atoms with Crippen molar-refractivity contribution in [1.29, 1.82) is 0 Å². The van der Waals surface area contributed by atoms with E-state index in [1.54, 1.807) is 6.92 Å². The van der Waals surface area contributed by atoms with Crippen LogP contribution in [0.15, 0.2) is 24.3 Å². The Morgan fingerprint density at radius 2 is 1.86 bits per heavy atom. The minimum Gasteiger partial charge on any atom is -0.247 e. The molecule has 0 aliphatic heterocycles. The van der Waals surface area contributed by atoms with E-state index in [0.717, 1.165) is 29.8 Å². The molecule has 1 aromatic carbocycles. The molecule has 14 heavy (non-hydrogen) atoms. The first-order valence-electron chi connectivity index (χ1n) is 5.05. The maximum atomic E-state index is 13.6. The van der Waals surface area contributed by atoms with Crippen LogP contribution in [0, 0.1) is 0 Å². The van der Waals surface area contributed by atoms with E-state index in [-0.39, 0.29) is 5.41 Å². The Hall–Kier alpha value is -0.560. The Morgan fingerprint density at radius 1 is 1.29 bits per heavy atom. The van der Waals surface area contributed by atoms with Gasteiger partial charge in [-0.1, -0.05) is 30.2 Å². The zero-order valence-corrected chi connectivity index (χ0v) is 9.02. The second-order valence-corrected chi connectivity index (χ2v) is 4.57. The summed E-state index contributed by atoms with van der Waals surface area (Å²) in [6.07, 6.45) is 2.30. The van der Waals surface area contributed by atoms with Gasteiger partial charge in [0.25, 0.3) is 0 Å². The largest absolute Gasteiger partial charge is 0.247 e. The second-order valence-electron chi connectivity index (χ2n) is 4.13. The predicted molar refractivity (Wildman–Crippen MR) is 57.6 cm³/mol. The van der Waals surface area contributed by atoms with Crippen molar-refractivity contribution in [3.8, 4) is 0 Å². The third kappa shape index (κ3) is 1.44. The summed E-state index contributed by atoms with van der Waals surface area (Å²) in [4.78, 5) is 0. The number of hydrogen-bond donors (Lipinski definition) is 0. The average molecular weight is 213 g/mol. The molecule has 0 N–H and O–H groups in total. The lowest BCUT2D eigenvalue weighted by Crippen LogP contribution is -2.41.